The number of aliphatic hydroxyl groups is 1. The molecule has 1 atom stereocenters. The van der Waals surface area contributed by atoms with Crippen molar-refractivity contribution >= 4 is 16.9 Å². The van der Waals surface area contributed by atoms with Gasteiger partial charge in [0.2, 0.25) is 5.78 Å². The average Bonchev–Trinajstić information content (AvgIpc) is 3.22. The van der Waals surface area contributed by atoms with Crippen LogP contribution in [0.4, 0.5) is 0 Å². The average molecular weight is 395 g/mol. The molecule has 8 nitrogen and oxygen atoms in total. The van der Waals surface area contributed by atoms with E-state index in [4.69, 9.17) is 10.1 Å². The summed E-state index contributed by atoms with van der Waals surface area (Å²) in [4.78, 5) is 30.6. The molecule has 3 aromatic heterocycles. The van der Waals surface area contributed by atoms with E-state index in [1.807, 2.05) is 36.4 Å². The van der Waals surface area contributed by atoms with Crippen LogP contribution in [0.15, 0.2) is 39.9 Å². The third-order valence-corrected chi connectivity index (χ3v) is 5.77. The minimum absolute atomic E-state index is 0.0119. The molecule has 0 fully saturated rings. The maximum absolute atomic E-state index is 13.2. The summed E-state index contributed by atoms with van der Waals surface area (Å²) < 4.78 is 6.54. The Hall–Kier alpha value is -3.13. The molecule has 0 amide bonds. The molecule has 1 N–H and O–H groups in total. The van der Waals surface area contributed by atoms with E-state index in [0.29, 0.717) is 23.4 Å². The zero-order valence-corrected chi connectivity index (χ0v) is 17.1. The molecule has 29 heavy (non-hydrogen) atoms. The highest BCUT2D eigenvalue weighted by Gasteiger charge is 2.24. The molecule has 8 heteroatoms. The van der Waals surface area contributed by atoms with Gasteiger partial charge in [0.15, 0.2) is 11.2 Å². The first-order valence-corrected chi connectivity index (χ1v) is 9.73. The summed E-state index contributed by atoms with van der Waals surface area (Å²) in [6.45, 7) is 6.16. The number of hydrogen-bond donors (Lipinski definition) is 1. The summed E-state index contributed by atoms with van der Waals surface area (Å²) >= 11 is 0. The lowest BCUT2D eigenvalue weighted by atomic mass is 10.1. The molecule has 0 bridgehead atoms. The smallest absolute Gasteiger partial charge is 0.332 e. The van der Waals surface area contributed by atoms with Gasteiger partial charge < -0.3 is 9.67 Å². The van der Waals surface area contributed by atoms with Crippen LogP contribution >= 0.6 is 0 Å². The Bertz CT molecular complexity index is 1320. The molecule has 0 spiro atoms. The zero-order valence-electron chi connectivity index (χ0n) is 17.1. The van der Waals surface area contributed by atoms with E-state index in [1.54, 1.807) is 7.05 Å². The molecule has 0 unspecified atom stereocenters. The van der Waals surface area contributed by atoms with Gasteiger partial charge in [-0.2, -0.15) is 4.98 Å². The summed E-state index contributed by atoms with van der Waals surface area (Å²) in [5.41, 5.74) is 3.02. The quantitative estimate of drug-likeness (QED) is 0.558. The monoisotopic (exact) mass is 395 g/mol. The molecule has 0 aliphatic carbocycles. The van der Waals surface area contributed by atoms with E-state index in [9.17, 15) is 9.59 Å². The van der Waals surface area contributed by atoms with Crippen LogP contribution in [0.1, 0.15) is 36.3 Å². The molecule has 3 heterocycles. The first-order chi connectivity index (χ1) is 13.9. The summed E-state index contributed by atoms with van der Waals surface area (Å²) in [7, 11) is 1.62. The predicted octanol–water partition coefficient (Wildman–Crippen LogP) is 1.76. The van der Waals surface area contributed by atoms with Crippen LogP contribution in [-0.4, -0.2) is 34.8 Å². The first-order valence-electron chi connectivity index (χ1n) is 9.73. The normalized spacial score (nSPS) is 12.9. The van der Waals surface area contributed by atoms with Gasteiger partial charge in [0.1, 0.15) is 0 Å². The van der Waals surface area contributed by atoms with Crippen molar-refractivity contribution in [3.63, 3.8) is 0 Å². The van der Waals surface area contributed by atoms with E-state index in [2.05, 4.69) is 23.6 Å². The molecule has 0 aliphatic rings. The third-order valence-electron chi connectivity index (χ3n) is 5.77. The highest BCUT2D eigenvalue weighted by atomic mass is 16.3. The van der Waals surface area contributed by atoms with Gasteiger partial charge in [-0.25, -0.2) is 4.79 Å². The zero-order chi connectivity index (χ0) is 20.9. The Labute approximate surface area is 167 Å². The van der Waals surface area contributed by atoms with Gasteiger partial charge in [0.25, 0.3) is 5.56 Å². The van der Waals surface area contributed by atoms with Crippen molar-refractivity contribution in [2.24, 2.45) is 7.05 Å². The van der Waals surface area contributed by atoms with Crippen molar-refractivity contribution in [3.05, 3.63) is 68.1 Å². The number of benzene rings is 1. The molecule has 0 radical (unpaired) electrons. The summed E-state index contributed by atoms with van der Waals surface area (Å²) in [6, 6.07) is 10.1. The fourth-order valence-corrected chi connectivity index (χ4v) is 4.04. The maximum Gasteiger partial charge on any atom is 0.332 e. The van der Waals surface area contributed by atoms with Crippen LogP contribution < -0.4 is 11.2 Å². The fourth-order valence-electron chi connectivity index (χ4n) is 4.04. The van der Waals surface area contributed by atoms with E-state index in [1.165, 1.54) is 9.13 Å². The van der Waals surface area contributed by atoms with Crippen molar-refractivity contribution in [1.29, 1.82) is 0 Å². The lowest BCUT2D eigenvalue weighted by Crippen LogP contribution is -2.39. The van der Waals surface area contributed by atoms with E-state index in [-0.39, 0.29) is 24.8 Å². The lowest BCUT2D eigenvalue weighted by molar-refractivity contribution is 0.277. The predicted molar refractivity (Wildman–Crippen MR) is 112 cm³/mol. The summed E-state index contributed by atoms with van der Waals surface area (Å²) in [5, 5.41) is 9.13. The molecule has 4 rings (SSSR count). The minimum Gasteiger partial charge on any atom is -0.396 e. The largest absolute Gasteiger partial charge is 0.396 e. The Morgan fingerprint density at radius 2 is 1.79 bits per heavy atom. The number of aromatic nitrogens is 5. The van der Waals surface area contributed by atoms with Crippen LogP contribution in [0.3, 0.4) is 0 Å². The van der Waals surface area contributed by atoms with Crippen LogP contribution in [-0.2, 0) is 13.6 Å². The number of rotatable bonds is 5. The number of nitrogens with zero attached hydrogens (tertiary/aromatic N) is 5. The second-order valence-corrected chi connectivity index (χ2v) is 7.42. The van der Waals surface area contributed by atoms with E-state index in [0.717, 1.165) is 17.0 Å². The maximum atomic E-state index is 13.2. The molecule has 0 saturated heterocycles. The van der Waals surface area contributed by atoms with Gasteiger partial charge in [-0.05, 0) is 32.8 Å². The van der Waals surface area contributed by atoms with Gasteiger partial charge in [-0.1, -0.05) is 30.3 Å². The van der Waals surface area contributed by atoms with Gasteiger partial charge in [-0.3, -0.25) is 18.3 Å². The number of hydrogen-bond acceptors (Lipinski definition) is 4. The molecule has 0 saturated carbocycles. The fraction of sp³-hybridized carbons (Fsp3) is 0.381. The van der Waals surface area contributed by atoms with Crippen molar-refractivity contribution < 1.29 is 5.11 Å². The van der Waals surface area contributed by atoms with Gasteiger partial charge in [0.05, 0.1) is 6.04 Å². The topological polar surface area (TPSA) is 86.5 Å². The molecular weight excluding hydrogens is 370 g/mol. The van der Waals surface area contributed by atoms with E-state index < -0.39 is 5.69 Å². The lowest BCUT2D eigenvalue weighted by Gasteiger charge is -2.16. The molecule has 0 aliphatic heterocycles. The number of fused-ring (bicyclic) bond motifs is 3. The highest BCUT2D eigenvalue weighted by Crippen LogP contribution is 2.27. The van der Waals surface area contributed by atoms with Crippen LogP contribution in [0.5, 0.6) is 0 Å². The van der Waals surface area contributed by atoms with Gasteiger partial charge in [0, 0.05) is 31.6 Å². The SMILES string of the molecule is Cc1c(C)n2c3c(=O)n(CCCO)c(=O)n(C)c3nc2n1[C@H](C)c1ccccc1. The van der Waals surface area contributed by atoms with Crippen LogP contribution in [0, 0.1) is 13.8 Å². The Morgan fingerprint density at radius 3 is 2.45 bits per heavy atom. The Balaban J connectivity index is 2.07. The molecule has 152 valence electrons. The van der Waals surface area contributed by atoms with Gasteiger partial charge >= 0.3 is 5.69 Å². The standard InChI is InChI=1S/C21H25N5O3/c1-13-14(2)26-17-18(23(4)21(29)24(19(17)28)11-8-12-27)22-20(26)25(13)15(3)16-9-6-5-7-10-16/h5-7,9-10,15,27H,8,11-12H2,1-4H3/t15-/m1/s1. The summed E-state index contributed by atoms with van der Waals surface area (Å²) in [6.07, 6.45) is 0.340. The first kappa shape index (κ1) is 19.2. The molecular formula is C21H25N5O3. The van der Waals surface area contributed by atoms with Crippen molar-refractivity contribution in [2.75, 3.05) is 6.61 Å². The molecule has 1 aromatic carbocycles. The van der Waals surface area contributed by atoms with Crippen LogP contribution in [0.25, 0.3) is 16.9 Å². The van der Waals surface area contributed by atoms with Crippen molar-refractivity contribution in [2.45, 2.75) is 39.8 Å². The number of imidazole rings is 2. The van der Waals surface area contributed by atoms with Gasteiger partial charge in [-0.15, -0.1) is 0 Å². The second-order valence-electron chi connectivity index (χ2n) is 7.42. The Morgan fingerprint density at radius 1 is 1.10 bits per heavy atom. The minimum atomic E-state index is -0.422. The second kappa shape index (κ2) is 7.04. The molecule has 4 aromatic rings. The number of aliphatic hydroxyl groups excluding tert-OH is 1. The summed E-state index contributed by atoms with van der Waals surface area (Å²) in [5.74, 6) is 0.637. The van der Waals surface area contributed by atoms with Crippen molar-refractivity contribution in [3.8, 4) is 0 Å². The van der Waals surface area contributed by atoms with E-state index >= 15 is 0 Å². The Kier molecular flexibility index (Phi) is 4.66. The third kappa shape index (κ3) is 2.74. The number of aryl methyl sites for hydroxylation is 2. The van der Waals surface area contributed by atoms with Crippen molar-refractivity contribution in [1.82, 2.24) is 23.1 Å². The van der Waals surface area contributed by atoms with Crippen LogP contribution in [0.2, 0.25) is 0 Å². The highest BCUT2D eigenvalue weighted by molar-refractivity contribution is 5.76.